The summed E-state index contributed by atoms with van der Waals surface area (Å²) >= 11 is 5.32. The van der Waals surface area contributed by atoms with Gasteiger partial charge in [-0.05, 0) is 17.7 Å². The first-order valence-corrected chi connectivity index (χ1v) is 3.71. The van der Waals surface area contributed by atoms with Gasteiger partial charge in [-0.25, -0.2) is 0 Å². The molecule has 1 atom stereocenters. The first-order chi connectivity index (χ1) is 6.26. The highest BCUT2D eigenvalue weighted by Crippen LogP contribution is 2.30. The van der Waals surface area contributed by atoms with Crippen molar-refractivity contribution >= 4 is 11.6 Å². The summed E-state index contributed by atoms with van der Waals surface area (Å²) < 4.78 is 36.1. The van der Waals surface area contributed by atoms with Crippen LogP contribution in [0, 0.1) is 10.1 Å². The zero-order valence-electron chi connectivity index (χ0n) is 6.51. The van der Waals surface area contributed by atoms with E-state index in [4.69, 9.17) is 11.6 Å². The molecule has 0 aliphatic carbocycles. The summed E-state index contributed by atoms with van der Waals surface area (Å²) in [4.78, 5) is 9.35. The fraction of sp³-hybridized carbons (Fsp3) is 0.333. The molecule has 78 valence electrons. The molecule has 0 bridgehead atoms. The summed E-state index contributed by atoms with van der Waals surface area (Å²) in [5, 5.41) is 9.95. The SMILES string of the molecule is O=[N+]([O-])C1(Cl)C=CC(C(F)(F)F)=CN1. The van der Waals surface area contributed by atoms with Gasteiger partial charge in [0.2, 0.25) is 0 Å². The van der Waals surface area contributed by atoms with Crippen LogP contribution in [-0.4, -0.2) is 16.2 Å². The monoisotopic (exact) mass is 228 g/mol. The molecular weight excluding hydrogens is 225 g/mol. The smallest absolute Gasteiger partial charge is 0.310 e. The molecule has 0 fully saturated rings. The fourth-order valence-electron chi connectivity index (χ4n) is 0.765. The van der Waals surface area contributed by atoms with E-state index in [-0.39, 0.29) is 0 Å². The molecule has 0 amide bonds. The molecule has 0 saturated carbocycles. The Morgan fingerprint density at radius 3 is 2.43 bits per heavy atom. The quantitative estimate of drug-likeness (QED) is 0.322. The van der Waals surface area contributed by atoms with Crippen LogP contribution in [0.25, 0.3) is 0 Å². The third-order valence-corrected chi connectivity index (χ3v) is 1.88. The molecular formula is C6H4ClF3N2O2. The Bertz CT molecular complexity index is 326. The van der Waals surface area contributed by atoms with Gasteiger partial charge < -0.3 is 5.32 Å². The van der Waals surface area contributed by atoms with E-state index in [2.05, 4.69) is 0 Å². The van der Waals surface area contributed by atoms with Crippen LogP contribution >= 0.6 is 11.6 Å². The predicted molar refractivity (Wildman–Crippen MR) is 42.0 cm³/mol. The molecule has 1 N–H and O–H groups in total. The third-order valence-electron chi connectivity index (χ3n) is 1.51. The standard InChI is InChI=1S/C6H4ClF3N2O2/c7-5(12(13)14)2-1-4(3-11-5)6(8,9)10/h1-3,11H. The zero-order valence-corrected chi connectivity index (χ0v) is 7.26. The second kappa shape index (κ2) is 3.16. The summed E-state index contributed by atoms with van der Waals surface area (Å²) in [6.07, 6.45) is -2.88. The van der Waals surface area contributed by atoms with Gasteiger partial charge in [-0.15, -0.1) is 0 Å². The highest BCUT2D eigenvalue weighted by molar-refractivity contribution is 6.23. The Kier molecular flexibility index (Phi) is 2.45. The van der Waals surface area contributed by atoms with Gasteiger partial charge in [0, 0.05) is 12.3 Å². The lowest BCUT2D eigenvalue weighted by atomic mass is 10.2. The minimum absolute atomic E-state index is 0.468. The lowest BCUT2D eigenvalue weighted by Gasteiger charge is -2.19. The molecule has 0 saturated heterocycles. The number of alkyl halides is 4. The van der Waals surface area contributed by atoms with Crippen LogP contribution in [0.1, 0.15) is 0 Å². The van der Waals surface area contributed by atoms with E-state index in [9.17, 15) is 23.3 Å². The van der Waals surface area contributed by atoms with E-state index in [1.165, 1.54) is 0 Å². The van der Waals surface area contributed by atoms with Gasteiger partial charge in [-0.1, -0.05) is 0 Å². The fourth-order valence-corrected chi connectivity index (χ4v) is 0.883. The Morgan fingerprint density at radius 2 is 2.14 bits per heavy atom. The molecule has 0 aromatic heterocycles. The predicted octanol–water partition coefficient (Wildman–Crippen LogP) is 1.76. The number of rotatable bonds is 1. The van der Waals surface area contributed by atoms with Crippen molar-refractivity contribution in [1.82, 2.24) is 5.32 Å². The minimum atomic E-state index is -4.54. The molecule has 1 unspecified atom stereocenters. The Labute approximate surface area is 81.2 Å². The second-order valence-electron chi connectivity index (χ2n) is 2.51. The number of halogens is 4. The van der Waals surface area contributed by atoms with E-state index in [1.807, 2.05) is 5.32 Å². The van der Waals surface area contributed by atoms with E-state index in [0.29, 0.717) is 18.4 Å². The van der Waals surface area contributed by atoms with Gasteiger partial charge in [0.25, 0.3) is 0 Å². The van der Waals surface area contributed by atoms with E-state index in [0.717, 1.165) is 0 Å². The maximum Gasteiger partial charge on any atom is 0.417 e. The molecule has 0 aromatic rings. The summed E-state index contributed by atoms with van der Waals surface area (Å²) in [6.45, 7) is 0. The van der Waals surface area contributed by atoms with Crippen molar-refractivity contribution in [3.63, 3.8) is 0 Å². The van der Waals surface area contributed by atoms with E-state index >= 15 is 0 Å². The highest BCUT2D eigenvalue weighted by Gasteiger charge is 2.42. The Hall–Kier alpha value is -1.24. The van der Waals surface area contributed by atoms with Gasteiger partial charge in [0.05, 0.1) is 10.5 Å². The molecule has 1 aliphatic rings. The topological polar surface area (TPSA) is 55.2 Å². The highest BCUT2D eigenvalue weighted by atomic mass is 35.5. The van der Waals surface area contributed by atoms with Crippen molar-refractivity contribution in [2.24, 2.45) is 0 Å². The van der Waals surface area contributed by atoms with Crippen molar-refractivity contribution < 1.29 is 18.1 Å². The van der Waals surface area contributed by atoms with Gasteiger partial charge in [-0.2, -0.15) is 13.2 Å². The van der Waals surface area contributed by atoms with Crippen molar-refractivity contribution in [1.29, 1.82) is 0 Å². The summed E-state index contributed by atoms with van der Waals surface area (Å²) in [7, 11) is 0. The number of dihydropyridines is 1. The Balaban J connectivity index is 2.86. The number of nitrogens with one attached hydrogen (secondary N) is 1. The van der Waals surface area contributed by atoms with Crippen LogP contribution in [0.5, 0.6) is 0 Å². The maximum absolute atomic E-state index is 12.0. The van der Waals surface area contributed by atoms with Crippen LogP contribution in [0.3, 0.4) is 0 Å². The number of allylic oxidation sites excluding steroid dienone is 2. The maximum atomic E-state index is 12.0. The first-order valence-electron chi connectivity index (χ1n) is 3.33. The molecule has 1 heterocycles. The van der Waals surface area contributed by atoms with Gasteiger partial charge in [-0.3, -0.25) is 10.1 Å². The summed E-state index contributed by atoms with van der Waals surface area (Å²) in [5.74, 6) is 0. The van der Waals surface area contributed by atoms with E-state index < -0.39 is 21.8 Å². The number of hydrogen-bond acceptors (Lipinski definition) is 3. The van der Waals surface area contributed by atoms with Crippen molar-refractivity contribution in [2.75, 3.05) is 0 Å². The zero-order chi connectivity index (χ0) is 11.0. The van der Waals surface area contributed by atoms with Crippen molar-refractivity contribution in [3.8, 4) is 0 Å². The molecule has 14 heavy (non-hydrogen) atoms. The molecule has 4 nitrogen and oxygen atoms in total. The number of hydrogen-bond donors (Lipinski definition) is 1. The lowest BCUT2D eigenvalue weighted by Crippen LogP contribution is -2.44. The molecule has 8 heteroatoms. The van der Waals surface area contributed by atoms with Crippen molar-refractivity contribution in [2.45, 2.75) is 11.3 Å². The number of nitrogens with zero attached hydrogens (tertiary/aromatic N) is 1. The molecule has 0 aromatic carbocycles. The van der Waals surface area contributed by atoms with Crippen LogP contribution in [-0.2, 0) is 0 Å². The Morgan fingerprint density at radius 1 is 1.57 bits per heavy atom. The summed E-state index contributed by atoms with van der Waals surface area (Å²) in [6, 6.07) is 0. The normalized spacial score (nSPS) is 26.7. The van der Waals surface area contributed by atoms with Gasteiger partial charge in [0.1, 0.15) is 0 Å². The van der Waals surface area contributed by atoms with Gasteiger partial charge >= 0.3 is 11.3 Å². The molecule has 0 spiro atoms. The number of nitro groups is 1. The third kappa shape index (κ3) is 1.98. The van der Waals surface area contributed by atoms with Crippen molar-refractivity contribution in [3.05, 3.63) is 34.0 Å². The average molecular weight is 229 g/mol. The first kappa shape index (κ1) is 10.8. The largest absolute Gasteiger partial charge is 0.417 e. The molecule has 0 radical (unpaired) electrons. The van der Waals surface area contributed by atoms with Crippen LogP contribution < -0.4 is 5.32 Å². The summed E-state index contributed by atoms with van der Waals surface area (Å²) in [5.41, 5.74) is -1.02. The second-order valence-corrected chi connectivity index (χ2v) is 3.08. The van der Waals surface area contributed by atoms with Gasteiger partial charge in [0.15, 0.2) is 0 Å². The minimum Gasteiger partial charge on any atom is -0.310 e. The van der Waals surface area contributed by atoms with E-state index in [1.54, 1.807) is 0 Å². The van der Waals surface area contributed by atoms with Crippen LogP contribution in [0.2, 0.25) is 0 Å². The van der Waals surface area contributed by atoms with Crippen LogP contribution in [0.4, 0.5) is 13.2 Å². The molecule has 1 rings (SSSR count). The molecule has 1 aliphatic heterocycles. The average Bonchev–Trinajstić information content (AvgIpc) is 2.03. The van der Waals surface area contributed by atoms with Crippen LogP contribution in [0.15, 0.2) is 23.9 Å². The lowest BCUT2D eigenvalue weighted by molar-refractivity contribution is -0.533.